The third-order valence-corrected chi connectivity index (χ3v) is 8.87. The van der Waals surface area contributed by atoms with Gasteiger partial charge in [-0.05, 0) is 49.4 Å². The number of likely N-dealkylation sites (tertiary alicyclic amines) is 1. The van der Waals surface area contributed by atoms with Crippen molar-refractivity contribution in [1.82, 2.24) is 9.62 Å². The fraction of sp³-hybridized carbons (Fsp3) is 0.269. The van der Waals surface area contributed by atoms with Crippen LogP contribution in [0.25, 0.3) is 0 Å². The number of phenols is 2. The van der Waals surface area contributed by atoms with Crippen molar-refractivity contribution >= 4 is 44.6 Å². The number of anilines is 1. The number of nitrogens with one attached hydrogen (secondary N) is 3. The van der Waals surface area contributed by atoms with Crippen LogP contribution in [0.4, 0.5) is 5.69 Å². The number of hydrogen-bond acceptors (Lipinski definition) is 9. The summed E-state index contributed by atoms with van der Waals surface area (Å²) in [5.41, 5.74) is 6.13. The summed E-state index contributed by atoms with van der Waals surface area (Å²) in [7, 11) is -4.25. The molecule has 1 amide bonds. The number of primary amides is 1. The highest BCUT2D eigenvalue weighted by Crippen LogP contribution is 2.33. The Morgan fingerprint density at radius 1 is 1.13 bits per heavy atom. The van der Waals surface area contributed by atoms with Crippen LogP contribution in [0.1, 0.15) is 28.8 Å². The molecular weight excluding hydrogens is 540 g/mol. The van der Waals surface area contributed by atoms with Crippen LogP contribution in [0.5, 0.6) is 11.5 Å². The van der Waals surface area contributed by atoms with Gasteiger partial charge in [0.1, 0.15) is 22.2 Å². The number of piperidine rings is 1. The number of phenolic OH excluding ortho intramolecular Hbond substituents is 2. The first kappa shape index (κ1) is 28.2. The van der Waals surface area contributed by atoms with Gasteiger partial charge in [-0.25, -0.2) is 13.1 Å². The lowest BCUT2D eigenvalue weighted by atomic mass is 10.1. The van der Waals surface area contributed by atoms with E-state index in [1.807, 2.05) is 18.4 Å². The van der Waals surface area contributed by atoms with Crippen LogP contribution < -0.4 is 15.4 Å². The predicted molar refractivity (Wildman–Crippen MR) is 150 cm³/mol. The zero-order chi connectivity index (χ0) is 28.3. The Morgan fingerprint density at radius 2 is 1.79 bits per heavy atom. The van der Waals surface area contributed by atoms with E-state index in [1.54, 1.807) is 35.6 Å². The third-order valence-electron chi connectivity index (χ3n) is 6.46. The Labute approximate surface area is 230 Å². The molecule has 2 aromatic carbocycles. The van der Waals surface area contributed by atoms with E-state index in [1.165, 1.54) is 4.88 Å². The Morgan fingerprint density at radius 3 is 2.38 bits per heavy atom. The van der Waals surface area contributed by atoms with Gasteiger partial charge in [-0.3, -0.25) is 25.4 Å². The second-order valence-corrected chi connectivity index (χ2v) is 12.0. The van der Waals surface area contributed by atoms with Crippen molar-refractivity contribution in [2.75, 3.05) is 18.0 Å². The number of rotatable bonds is 7. The normalized spacial score (nSPS) is 14.7. The molecule has 0 bridgehead atoms. The van der Waals surface area contributed by atoms with E-state index in [-0.39, 0.29) is 17.3 Å². The summed E-state index contributed by atoms with van der Waals surface area (Å²) in [5.74, 6) is -3.75. The van der Waals surface area contributed by atoms with Gasteiger partial charge < -0.3 is 15.9 Å². The molecule has 3 aromatic rings. The number of nitrogens with two attached hydrogens (primary N) is 1. The molecule has 2 heterocycles. The maximum atomic E-state index is 13.3. The molecule has 206 valence electrons. The van der Waals surface area contributed by atoms with E-state index in [2.05, 4.69) is 15.7 Å². The molecular formula is C26H30N6O5S2. The molecule has 39 heavy (non-hydrogen) atoms. The minimum Gasteiger partial charge on any atom is -0.507 e. The zero-order valence-corrected chi connectivity index (χ0v) is 22.8. The maximum absolute atomic E-state index is 13.3. The van der Waals surface area contributed by atoms with Gasteiger partial charge in [0.2, 0.25) is 10.0 Å². The topological polar surface area (TPSA) is 184 Å². The third kappa shape index (κ3) is 6.45. The van der Waals surface area contributed by atoms with E-state index in [0.29, 0.717) is 25.9 Å². The predicted octanol–water partition coefficient (Wildman–Crippen LogP) is 2.71. The minimum absolute atomic E-state index is 0.235. The second-order valence-electron chi connectivity index (χ2n) is 9.32. The highest BCUT2D eigenvalue weighted by Gasteiger charge is 2.30. The molecule has 11 nitrogen and oxygen atoms in total. The largest absolute Gasteiger partial charge is 0.507 e. The van der Waals surface area contributed by atoms with Crippen molar-refractivity contribution < 1.29 is 23.4 Å². The van der Waals surface area contributed by atoms with E-state index in [0.717, 1.165) is 29.1 Å². The summed E-state index contributed by atoms with van der Waals surface area (Å²) in [6, 6.07) is 12.0. The van der Waals surface area contributed by atoms with Gasteiger partial charge in [-0.2, -0.15) is 0 Å². The molecule has 0 spiro atoms. The molecule has 7 N–H and O–H groups in total. The minimum atomic E-state index is -4.25. The number of nitrogens with zero attached hydrogens (tertiary/aromatic N) is 2. The van der Waals surface area contributed by atoms with Crippen LogP contribution >= 0.6 is 11.3 Å². The number of hydrogen-bond donors (Lipinski definition) is 6. The van der Waals surface area contributed by atoms with Gasteiger partial charge in [0, 0.05) is 42.3 Å². The number of aromatic hydroxyl groups is 2. The molecule has 0 aliphatic carbocycles. The average Bonchev–Trinajstić information content (AvgIpc) is 3.39. The van der Waals surface area contributed by atoms with Gasteiger partial charge in [-0.1, -0.05) is 23.8 Å². The molecule has 13 heteroatoms. The van der Waals surface area contributed by atoms with E-state index in [9.17, 15) is 23.4 Å². The lowest BCUT2D eigenvalue weighted by molar-refractivity contribution is -0.112. The summed E-state index contributed by atoms with van der Waals surface area (Å²) in [6.45, 7) is 4.04. The molecule has 0 unspecified atom stereocenters. The number of benzene rings is 2. The number of carbonyl (C=O) groups is 1. The van der Waals surface area contributed by atoms with Crippen molar-refractivity contribution in [3.8, 4) is 11.5 Å². The first-order valence-corrected chi connectivity index (χ1v) is 14.5. The quantitative estimate of drug-likeness (QED) is 0.186. The number of carbonyl (C=O) groups excluding carboxylic acids is 1. The Bertz CT molecular complexity index is 1480. The second kappa shape index (κ2) is 11.5. The number of sulfonamides is 1. The standard InChI is InChI=1S/C26H30N6O5S2/c1-16-4-6-18(7-5-16)32(25(28)26(29)35)24(27)20-13-23(22(34)14-21(20)33)39(36,37)30-17-8-10-31(11-9-17)15-19-3-2-12-38-19/h2-7,12-14,17,27-28,30,33-34H,8-11,15H2,1H3,(H2,29,35). The average molecular weight is 571 g/mol. The summed E-state index contributed by atoms with van der Waals surface area (Å²) < 4.78 is 29.2. The molecule has 1 aromatic heterocycles. The van der Waals surface area contributed by atoms with Crippen LogP contribution in [0.2, 0.25) is 0 Å². The molecule has 0 saturated carbocycles. The Balaban J connectivity index is 1.57. The van der Waals surface area contributed by atoms with Crippen molar-refractivity contribution in [1.29, 1.82) is 10.8 Å². The smallest absolute Gasteiger partial charge is 0.284 e. The van der Waals surface area contributed by atoms with Gasteiger partial charge in [-0.15, -0.1) is 11.3 Å². The van der Waals surface area contributed by atoms with Crippen LogP contribution in [-0.4, -0.2) is 60.2 Å². The van der Waals surface area contributed by atoms with Crippen LogP contribution in [0, 0.1) is 17.7 Å². The molecule has 1 aliphatic heterocycles. The summed E-state index contributed by atoms with van der Waals surface area (Å²) in [4.78, 5) is 15.7. The Kier molecular flexibility index (Phi) is 8.35. The molecule has 1 aliphatic rings. The van der Waals surface area contributed by atoms with E-state index >= 15 is 0 Å². The fourth-order valence-corrected chi connectivity index (χ4v) is 6.53. The summed E-state index contributed by atoms with van der Waals surface area (Å²) in [5, 5.41) is 39.8. The first-order valence-electron chi connectivity index (χ1n) is 12.1. The number of aryl methyl sites for hydroxylation is 1. The molecule has 4 rings (SSSR count). The van der Waals surface area contributed by atoms with Crippen molar-refractivity contribution in [2.45, 2.75) is 37.2 Å². The number of amides is 1. The first-order chi connectivity index (χ1) is 18.5. The lowest BCUT2D eigenvalue weighted by Crippen LogP contribution is -2.44. The fourth-order valence-electron chi connectivity index (χ4n) is 4.37. The Hall–Kier alpha value is -3.78. The van der Waals surface area contributed by atoms with Crippen molar-refractivity contribution in [2.24, 2.45) is 5.73 Å². The van der Waals surface area contributed by atoms with Gasteiger partial charge in [0.15, 0.2) is 5.84 Å². The molecule has 1 saturated heterocycles. The lowest BCUT2D eigenvalue weighted by Gasteiger charge is -2.32. The van der Waals surface area contributed by atoms with Crippen molar-refractivity contribution in [3.05, 3.63) is 69.9 Å². The van der Waals surface area contributed by atoms with E-state index in [4.69, 9.17) is 16.6 Å². The van der Waals surface area contributed by atoms with Crippen LogP contribution in [-0.2, 0) is 21.4 Å². The molecule has 0 radical (unpaired) electrons. The SMILES string of the molecule is Cc1ccc(N(C(=N)C(N)=O)C(=N)c2cc(S(=O)(=O)NC3CCN(Cc4cccs4)CC3)c(O)cc2O)cc1. The summed E-state index contributed by atoms with van der Waals surface area (Å²) >= 11 is 1.67. The monoisotopic (exact) mass is 570 g/mol. The zero-order valence-electron chi connectivity index (χ0n) is 21.2. The highest BCUT2D eigenvalue weighted by atomic mass is 32.2. The van der Waals surface area contributed by atoms with Crippen LogP contribution in [0.3, 0.4) is 0 Å². The van der Waals surface area contributed by atoms with Gasteiger partial charge >= 0.3 is 0 Å². The number of amidine groups is 2. The van der Waals surface area contributed by atoms with Crippen LogP contribution in [0.15, 0.2) is 58.8 Å². The van der Waals surface area contributed by atoms with Gasteiger partial charge in [0.25, 0.3) is 5.91 Å². The maximum Gasteiger partial charge on any atom is 0.284 e. The molecule has 0 atom stereocenters. The molecule has 1 fully saturated rings. The highest BCUT2D eigenvalue weighted by molar-refractivity contribution is 7.89. The van der Waals surface area contributed by atoms with Gasteiger partial charge in [0.05, 0.1) is 5.56 Å². The summed E-state index contributed by atoms with van der Waals surface area (Å²) in [6.07, 6.45) is 1.15. The number of thiophene rings is 1. The van der Waals surface area contributed by atoms with Crippen molar-refractivity contribution in [3.63, 3.8) is 0 Å². The van der Waals surface area contributed by atoms with E-state index < -0.39 is 44.0 Å².